The first kappa shape index (κ1) is 19.5. The normalized spacial score (nSPS) is 21.5. The number of allylic oxidation sites excluding steroid dienone is 1. The fraction of sp³-hybridized carbons (Fsp3) is 0.154. The Morgan fingerprint density at radius 2 is 1.85 bits per heavy atom. The number of amides is 1. The lowest BCUT2D eigenvalue weighted by Crippen LogP contribution is -2.44. The van der Waals surface area contributed by atoms with Crippen molar-refractivity contribution in [3.8, 4) is 11.3 Å². The number of ketones is 1. The summed E-state index contributed by atoms with van der Waals surface area (Å²) in [6.07, 6.45) is 0.350. The Morgan fingerprint density at radius 3 is 2.61 bits per heavy atom. The highest BCUT2D eigenvalue weighted by Crippen LogP contribution is 2.45. The van der Waals surface area contributed by atoms with Crippen LogP contribution in [0, 0.1) is 5.82 Å². The van der Waals surface area contributed by atoms with Gasteiger partial charge in [0.2, 0.25) is 0 Å². The van der Waals surface area contributed by atoms with Crippen LogP contribution in [-0.4, -0.2) is 32.7 Å². The van der Waals surface area contributed by atoms with Gasteiger partial charge in [-0.05, 0) is 55.0 Å². The maximum atomic E-state index is 13.4. The van der Waals surface area contributed by atoms with Crippen LogP contribution in [0.25, 0.3) is 22.2 Å². The fourth-order valence-corrected chi connectivity index (χ4v) is 5.05. The van der Waals surface area contributed by atoms with E-state index in [-0.39, 0.29) is 22.9 Å². The number of para-hydroxylation sites is 1. The van der Waals surface area contributed by atoms with Gasteiger partial charge in [-0.1, -0.05) is 18.2 Å². The first-order chi connectivity index (χ1) is 15.9. The molecule has 0 spiro atoms. The van der Waals surface area contributed by atoms with Crippen LogP contribution >= 0.6 is 0 Å². The molecule has 4 heterocycles. The van der Waals surface area contributed by atoms with Crippen LogP contribution in [0.15, 0.2) is 76.4 Å². The molecule has 2 atom stereocenters. The van der Waals surface area contributed by atoms with Crippen LogP contribution in [0.1, 0.15) is 30.0 Å². The van der Waals surface area contributed by atoms with Gasteiger partial charge in [-0.3, -0.25) is 9.59 Å². The van der Waals surface area contributed by atoms with Crippen molar-refractivity contribution in [1.82, 2.24) is 9.88 Å². The lowest BCUT2D eigenvalue weighted by Gasteiger charge is -2.35. The van der Waals surface area contributed by atoms with E-state index in [1.54, 1.807) is 24.3 Å². The number of nitrogens with one attached hydrogen (secondary N) is 1. The number of nitrogens with zero attached hydrogens (tertiary/aromatic N) is 1. The van der Waals surface area contributed by atoms with Crippen molar-refractivity contribution in [1.29, 1.82) is 0 Å². The van der Waals surface area contributed by atoms with Crippen molar-refractivity contribution in [3.05, 3.63) is 94.8 Å². The summed E-state index contributed by atoms with van der Waals surface area (Å²) in [6.45, 7) is 1.35. The van der Waals surface area contributed by atoms with Gasteiger partial charge in [0.1, 0.15) is 40.8 Å². The zero-order chi connectivity index (χ0) is 22.9. The van der Waals surface area contributed by atoms with E-state index in [0.29, 0.717) is 23.5 Å². The first-order valence-electron chi connectivity index (χ1n) is 10.7. The largest absolute Gasteiger partial charge is 0.512 e. The molecule has 2 N–H and O–H groups in total. The quantitative estimate of drug-likeness (QED) is 0.265. The predicted molar refractivity (Wildman–Crippen MR) is 119 cm³/mol. The lowest BCUT2D eigenvalue weighted by atomic mass is 9.90. The molecule has 2 aromatic carbocycles. The van der Waals surface area contributed by atoms with Gasteiger partial charge in [-0.25, -0.2) is 4.39 Å². The number of Topliss-reactive ketones (excluding diaryl/α,β-unsaturated/α-hetero) is 1. The summed E-state index contributed by atoms with van der Waals surface area (Å²) in [7, 11) is 0. The van der Waals surface area contributed by atoms with E-state index in [2.05, 4.69) is 4.98 Å². The highest BCUT2D eigenvalue weighted by molar-refractivity contribution is 6.27. The summed E-state index contributed by atoms with van der Waals surface area (Å²) in [5.41, 5.74) is 3.17. The monoisotopic (exact) mass is 442 g/mol. The molecule has 6 rings (SSSR count). The van der Waals surface area contributed by atoms with E-state index in [1.165, 1.54) is 24.0 Å². The van der Waals surface area contributed by atoms with Crippen molar-refractivity contribution in [2.45, 2.75) is 25.4 Å². The first-order valence-corrected chi connectivity index (χ1v) is 10.7. The van der Waals surface area contributed by atoms with Crippen molar-refractivity contribution >= 4 is 22.6 Å². The summed E-state index contributed by atoms with van der Waals surface area (Å²) in [5.74, 6) is -0.520. The molecule has 0 bridgehead atoms. The Bertz CT molecular complexity index is 1470. The van der Waals surface area contributed by atoms with Gasteiger partial charge in [0, 0.05) is 22.9 Å². The number of aliphatic hydroxyl groups excluding tert-OH is 1. The average Bonchev–Trinajstić information content (AvgIpc) is 3.48. The van der Waals surface area contributed by atoms with Crippen molar-refractivity contribution < 1.29 is 23.5 Å². The van der Waals surface area contributed by atoms with Gasteiger partial charge in [0.25, 0.3) is 5.91 Å². The number of rotatable bonds is 2. The predicted octanol–water partition coefficient (Wildman–Crippen LogP) is 4.82. The van der Waals surface area contributed by atoms with Crippen molar-refractivity contribution in [3.63, 3.8) is 0 Å². The minimum absolute atomic E-state index is 0.176. The molecule has 4 aromatic rings. The second-order valence-electron chi connectivity index (χ2n) is 8.43. The maximum absolute atomic E-state index is 13.4. The van der Waals surface area contributed by atoms with Gasteiger partial charge < -0.3 is 19.4 Å². The molecule has 33 heavy (non-hydrogen) atoms. The number of hydrogen-bond acceptors (Lipinski definition) is 4. The van der Waals surface area contributed by atoms with Crippen LogP contribution in [-0.2, 0) is 16.0 Å². The van der Waals surface area contributed by atoms with E-state index >= 15 is 0 Å². The smallest absolute Gasteiger partial charge is 0.262 e. The van der Waals surface area contributed by atoms with E-state index in [9.17, 15) is 19.1 Å². The minimum atomic E-state index is -0.731. The van der Waals surface area contributed by atoms with Gasteiger partial charge in [-0.2, -0.15) is 0 Å². The van der Waals surface area contributed by atoms with E-state index in [0.717, 1.165) is 22.2 Å². The summed E-state index contributed by atoms with van der Waals surface area (Å²) < 4.78 is 19.5. The molecule has 2 aromatic heterocycles. The summed E-state index contributed by atoms with van der Waals surface area (Å²) >= 11 is 0. The highest BCUT2D eigenvalue weighted by atomic mass is 19.1. The minimum Gasteiger partial charge on any atom is -0.512 e. The second kappa shape index (κ2) is 6.93. The molecule has 0 saturated carbocycles. The molecule has 2 aliphatic heterocycles. The second-order valence-corrected chi connectivity index (χ2v) is 8.43. The molecule has 1 saturated heterocycles. The van der Waals surface area contributed by atoms with E-state index < -0.39 is 18.0 Å². The molecule has 7 heteroatoms. The average molecular weight is 442 g/mol. The fourth-order valence-electron chi connectivity index (χ4n) is 5.05. The van der Waals surface area contributed by atoms with E-state index in [4.69, 9.17) is 4.42 Å². The number of aliphatic hydroxyl groups is 1. The van der Waals surface area contributed by atoms with Gasteiger partial charge in [-0.15, -0.1) is 0 Å². The van der Waals surface area contributed by atoms with Crippen LogP contribution in [0.3, 0.4) is 0 Å². The van der Waals surface area contributed by atoms with Crippen molar-refractivity contribution in [2.24, 2.45) is 0 Å². The summed E-state index contributed by atoms with van der Waals surface area (Å²) in [5, 5.41) is 11.0. The molecule has 0 unspecified atom stereocenters. The molecular formula is C26H19FN2O4. The molecule has 0 aliphatic carbocycles. The van der Waals surface area contributed by atoms with Crippen LogP contribution in [0.5, 0.6) is 0 Å². The Labute approximate surface area is 187 Å². The standard InChI is InChI=1S/C26H19FN2O4/c1-13(30)22-25(31)19-12-17-16-4-2-3-5-18(16)28-23(17)24(29(19)26(22)32)21-11-10-20(33-21)14-6-8-15(27)9-7-14/h2-11,19,24,28,30H,12H2,1H3/b22-13-/t19-,24+/m0/s1. The number of aromatic nitrogens is 1. The Hall–Kier alpha value is -4.13. The Morgan fingerprint density at radius 1 is 1.09 bits per heavy atom. The summed E-state index contributed by atoms with van der Waals surface area (Å²) in [6, 6.07) is 15.9. The summed E-state index contributed by atoms with van der Waals surface area (Å²) in [4.78, 5) is 31.4. The molecule has 1 amide bonds. The molecule has 164 valence electrons. The number of carbonyl (C=O) groups is 2. The molecule has 6 nitrogen and oxygen atoms in total. The zero-order valence-corrected chi connectivity index (χ0v) is 17.6. The van der Waals surface area contributed by atoms with Crippen LogP contribution in [0.4, 0.5) is 4.39 Å². The van der Waals surface area contributed by atoms with Gasteiger partial charge in [0.15, 0.2) is 5.78 Å². The Balaban J connectivity index is 1.54. The van der Waals surface area contributed by atoms with Crippen molar-refractivity contribution in [2.75, 3.05) is 0 Å². The van der Waals surface area contributed by atoms with E-state index in [1.807, 2.05) is 24.3 Å². The number of fused-ring (bicyclic) bond motifs is 4. The number of furan rings is 1. The highest BCUT2D eigenvalue weighted by Gasteiger charge is 2.52. The van der Waals surface area contributed by atoms with Crippen LogP contribution < -0.4 is 0 Å². The number of carbonyl (C=O) groups excluding carboxylic acids is 2. The third kappa shape index (κ3) is 2.78. The maximum Gasteiger partial charge on any atom is 0.262 e. The van der Waals surface area contributed by atoms with Gasteiger partial charge in [0.05, 0.1) is 5.69 Å². The molecule has 1 fully saturated rings. The zero-order valence-electron chi connectivity index (χ0n) is 17.6. The number of halogens is 1. The molecule has 2 aliphatic rings. The number of aromatic amines is 1. The third-order valence-electron chi connectivity index (χ3n) is 6.52. The van der Waals surface area contributed by atoms with Gasteiger partial charge >= 0.3 is 0 Å². The molecule has 0 radical (unpaired) electrons. The Kier molecular flexibility index (Phi) is 4.11. The molecular weight excluding hydrogens is 423 g/mol. The number of H-pyrrole nitrogens is 1. The third-order valence-corrected chi connectivity index (χ3v) is 6.52. The lowest BCUT2D eigenvalue weighted by molar-refractivity contribution is -0.129. The van der Waals surface area contributed by atoms with Crippen LogP contribution in [0.2, 0.25) is 0 Å². The number of benzene rings is 2. The SMILES string of the molecule is C/C(O)=C1\C(=O)[C@@H]2Cc3c([nH]c4ccccc34)[C@@H](c3ccc(-c4ccc(F)cc4)o3)N2C1=O. The number of hydrogen-bond donors (Lipinski definition) is 2. The topological polar surface area (TPSA) is 86.5 Å².